The van der Waals surface area contributed by atoms with Crippen LogP contribution in [0.4, 0.5) is 19.0 Å². The molecule has 35 heavy (non-hydrogen) atoms. The van der Waals surface area contributed by atoms with Gasteiger partial charge in [0.1, 0.15) is 12.1 Å². The van der Waals surface area contributed by atoms with Crippen LogP contribution in [0.3, 0.4) is 0 Å². The highest BCUT2D eigenvalue weighted by Gasteiger charge is 2.32. The fourth-order valence-corrected chi connectivity index (χ4v) is 4.84. The largest absolute Gasteiger partial charge is 0.416 e. The molecule has 0 aliphatic heterocycles. The number of aromatic nitrogens is 5. The van der Waals surface area contributed by atoms with Crippen molar-refractivity contribution in [2.24, 2.45) is 14.1 Å². The molecule has 1 N–H and O–H groups in total. The lowest BCUT2D eigenvalue weighted by atomic mass is 9.95. The van der Waals surface area contributed by atoms with Crippen molar-refractivity contribution in [3.05, 3.63) is 79.0 Å². The van der Waals surface area contributed by atoms with E-state index in [1.165, 1.54) is 12.4 Å². The average Bonchev–Trinajstić information content (AvgIpc) is 3.41. The number of anilines is 1. The first kappa shape index (κ1) is 22.8. The summed E-state index contributed by atoms with van der Waals surface area (Å²) in [6, 6.07) is 12.4. The highest BCUT2D eigenvalue weighted by Crippen LogP contribution is 2.40. The number of halogens is 3. The summed E-state index contributed by atoms with van der Waals surface area (Å²) in [7, 11) is 1.96. The Bertz CT molecular complexity index is 1560. The van der Waals surface area contributed by atoms with E-state index in [2.05, 4.69) is 19.8 Å². The van der Waals surface area contributed by atoms with Gasteiger partial charge in [0.05, 0.1) is 16.2 Å². The number of nitrogens with zero attached hydrogens (tertiary/aromatic N) is 5. The van der Waals surface area contributed by atoms with Gasteiger partial charge < -0.3 is 4.57 Å². The van der Waals surface area contributed by atoms with E-state index < -0.39 is 22.7 Å². The maximum absolute atomic E-state index is 13.5. The maximum atomic E-state index is 13.5. The minimum absolute atomic E-state index is 0.422. The van der Waals surface area contributed by atoms with Gasteiger partial charge in [-0.25, -0.2) is 14.2 Å². The van der Waals surface area contributed by atoms with Gasteiger partial charge in [0, 0.05) is 54.7 Å². The van der Waals surface area contributed by atoms with E-state index in [-0.39, 0.29) is 0 Å². The second-order valence-corrected chi connectivity index (χ2v) is 9.11. The van der Waals surface area contributed by atoms with Crippen LogP contribution in [0.15, 0.2) is 78.3 Å². The number of rotatable bonds is 5. The molecule has 0 radical (unpaired) electrons. The number of nitrogens with one attached hydrogen (secondary N) is 1. The second kappa shape index (κ2) is 8.66. The van der Waals surface area contributed by atoms with Crippen molar-refractivity contribution in [2.45, 2.75) is 11.1 Å². The van der Waals surface area contributed by atoms with Crippen molar-refractivity contribution in [1.29, 1.82) is 0 Å². The Morgan fingerprint density at radius 3 is 2.46 bits per heavy atom. The zero-order valence-electron chi connectivity index (χ0n) is 18.6. The normalized spacial score (nSPS) is 12.7. The summed E-state index contributed by atoms with van der Waals surface area (Å²) in [6.07, 6.45) is 1.84. The van der Waals surface area contributed by atoms with E-state index in [1.54, 1.807) is 48.4 Å². The molecule has 0 aliphatic carbocycles. The number of hydrogen-bond acceptors (Lipinski definition) is 4. The average molecular weight is 497 g/mol. The Hall–Kier alpha value is -3.99. The molecule has 3 aromatic heterocycles. The van der Waals surface area contributed by atoms with E-state index in [0.29, 0.717) is 27.5 Å². The Labute approximate surface area is 200 Å². The van der Waals surface area contributed by atoms with Gasteiger partial charge in [-0.05, 0) is 42.0 Å². The molecule has 11 heteroatoms. The van der Waals surface area contributed by atoms with E-state index >= 15 is 0 Å². The Morgan fingerprint density at radius 2 is 1.77 bits per heavy atom. The molecule has 0 aliphatic rings. The predicted molar refractivity (Wildman–Crippen MR) is 128 cm³/mol. The highest BCUT2D eigenvalue weighted by molar-refractivity contribution is 7.86. The summed E-state index contributed by atoms with van der Waals surface area (Å²) in [4.78, 5) is 8.39. The minimum atomic E-state index is -4.47. The van der Waals surface area contributed by atoms with Crippen LogP contribution in [-0.4, -0.2) is 28.5 Å². The highest BCUT2D eigenvalue weighted by atomic mass is 32.2. The summed E-state index contributed by atoms with van der Waals surface area (Å²) in [5.74, 6) is 0.427. The summed E-state index contributed by atoms with van der Waals surface area (Å²) in [5, 5.41) is 4.95. The lowest BCUT2D eigenvalue weighted by Crippen LogP contribution is -2.06. The fourth-order valence-electron chi connectivity index (χ4n) is 4.00. The van der Waals surface area contributed by atoms with Gasteiger partial charge in [-0.1, -0.05) is 12.1 Å². The number of hydrogen-bond donors (Lipinski definition) is 1. The van der Waals surface area contributed by atoms with Crippen LogP contribution < -0.4 is 4.72 Å². The minimum Gasteiger partial charge on any atom is -0.350 e. The molecule has 2 aromatic carbocycles. The van der Waals surface area contributed by atoms with Gasteiger partial charge in [0.15, 0.2) is 11.0 Å². The maximum Gasteiger partial charge on any atom is 0.416 e. The van der Waals surface area contributed by atoms with E-state index in [1.807, 2.05) is 23.9 Å². The van der Waals surface area contributed by atoms with Crippen LogP contribution in [0.1, 0.15) is 5.56 Å². The van der Waals surface area contributed by atoms with Crippen molar-refractivity contribution in [1.82, 2.24) is 24.3 Å². The van der Waals surface area contributed by atoms with E-state index in [9.17, 15) is 17.4 Å². The molecule has 0 amide bonds. The number of fused-ring (bicyclic) bond motifs is 1. The van der Waals surface area contributed by atoms with Gasteiger partial charge in [-0.15, -0.1) is 0 Å². The van der Waals surface area contributed by atoms with Crippen molar-refractivity contribution >= 4 is 27.7 Å². The fraction of sp³-hybridized carbons (Fsp3) is 0.125. The molecular formula is C24H19F3N6OS. The topological polar surface area (TPSA) is 77.6 Å². The van der Waals surface area contributed by atoms with Crippen molar-refractivity contribution in [3.8, 4) is 22.4 Å². The first-order valence-electron chi connectivity index (χ1n) is 10.5. The first-order valence-corrected chi connectivity index (χ1v) is 11.6. The van der Waals surface area contributed by atoms with Crippen molar-refractivity contribution in [3.63, 3.8) is 0 Å². The van der Waals surface area contributed by atoms with Crippen LogP contribution in [-0.2, 0) is 31.3 Å². The quantitative estimate of drug-likeness (QED) is 0.363. The van der Waals surface area contributed by atoms with E-state index in [0.717, 1.165) is 28.6 Å². The summed E-state index contributed by atoms with van der Waals surface area (Å²) in [6.45, 7) is 0. The first-order chi connectivity index (χ1) is 16.7. The lowest BCUT2D eigenvalue weighted by Gasteiger charge is -2.14. The van der Waals surface area contributed by atoms with Gasteiger partial charge >= 0.3 is 6.18 Å². The number of alkyl halides is 3. The third-order valence-electron chi connectivity index (χ3n) is 5.69. The molecule has 0 saturated heterocycles. The van der Waals surface area contributed by atoms with Crippen LogP contribution in [0.25, 0.3) is 33.3 Å². The summed E-state index contributed by atoms with van der Waals surface area (Å²) in [5.41, 5.74) is 2.44. The molecule has 3 heterocycles. The molecule has 1 unspecified atom stereocenters. The van der Waals surface area contributed by atoms with Gasteiger partial charge in [-0.3, -0.25) is 9.40 Å². The monoisotopic (exact) mass is 496 g/mol. The standard InChI is InChI=1S/C24H19F3N6OS/c1-32-13-20(17-5-3-15(24(25,26)27)11-19(17)21-7-10-30-33(21)2)18-6-4-16(12-22(18)32)35(34)31-23-8-9-28-14-29-23/h3-14H,1-2H3,(H,28,29,31). The van der Waals surface area contributed by atoms with Crippen LogP contribution in [0.2, 0.25) is 0 Å². The predicted octanol–water partition coefficient (Wildman–Crippen LogP) is 5.19. The van der Waals surface area contributed by atoms with E-state index in [4.69, 9.17) is 0 Å². The molecular weight excluding hydrogens is 477 g/mol. The molecule has 1 atom stereocenters. The zero-order valence-corrected chi connectivity index (χ0v) is 19.4. The van der Waals surface area contributed by atoms with Crippen molar-refractivity contribution in [2.75, 3.05) is 4.72 Å². The molecule has 5 rings (SSSR count). The van der Waals surface area contributed by atoms with Gasteiger partial charge in [0.2, 0.25) is 0 Å². The molecule has 0 spiro atoms. The molecule has 5 aromatic rings. The summed E-state index contributed by atoms with van der Waals surface area (Å²) >= 11 is 0. The third-order valence-corrected chi connectivity index (χ3v) is 6.77. The Morgan fingerprint density at radius 1 is 0.943 bits per heavy atom. The lowest BCUT2D eigenvalue weighted by molar-refractivity contribution is -0.137. The third kappa shape index (κ3) is 4.30. The smallest absolute Gasteiger partial charge is 0.350 e. The number of benzene rings is 2. The van der Waals surface area contributed by atoms with Gasteiger partial charge in [-0.2, -0.15) is 18.3 Å². The molecule has 0 saturated carbocycles. The Balaban J connectivity index is 1.61. The SMILES string of the molecule is Cn1nccc1-c1cc(C(F)(F)F)ccc1-c1cn(C)c2cc(S(=O)Nc3ccncn3)ccc12. The van der Waals surface area contributed by atoms with Crippen LogP contribution in [0, 0.1) is 0 Å². The molecule has 178 valence electrons. The number of aryl methyl sites for hydroxylation is 2. The molecule has 0 bridgehead atoms. The zero-order chi connectivity index (χ0) is 24.7. The second-order valence-electron chi connectivity index (χ2n) is 7.90. The Kier molecular flexibility index (Phi) is 5.64. The van der Waals surface area contributed by atoms with Crippen molar-refractivity contribution < 1.29 is 17.4 Å². The summed E-state index contributed by atoms with van der Waals surface area (Å²) < 4.78 is 59.6. The van der Waals surface area contributed by atoms with Gasteiger partial charge in [0.25, 0.3) is 0 Å². The molecule has 7 nitrogen and oxygen atoms in total. The van der Waals surface area contributed by atoms with Crippen LogP contribution in [0.5, 0.6) is 0 Å². The molecule has 0 fully saturated rings. The van der Waals surface area contributed by atoms with Crippen LogP contribution >= 0.6 is 0 Å².